The summed E-state index contributed by atoms with van der Waals surface area (Å²) in [6.45, 7) is 1.94. The van der Waals surface area contributed by atoms with Gasteiger partial charge in [-0.3, -0.25) is 15.0 Å². The lowest BCUT2D eigenvalue weighted by Gasteiger charge is -2.02. The molecule has 126 valence electrons. The van der Waals surface area contributed by atoms with Gasteiger partial charge in [-0.1, -0.05) is 48.5 Å². The number of hydrogen-bond donors (Lipinski definition) is 2. The number of nitrogens with zero attached hydrogens (tertiary/aromatic N) is 3. The van der Waals surface area contributed by atoms with E-state index in [0.717, 1.165) is 27.7 Å². The third-order valence-electron chi connectivity index (χ3n) is 4.57. The summed E-state index contributed by atoms with van der Waals surface area (Å²) >= 11 is 0. The van der Waals surface area contributed by atoms with Crippen molar-refractivity contribution in [2.45, 2.75) is 6.92 Å². The largest absolute Gasteiger partial charge is 0.293 e. The minimum absolute atomic E-state index is 0.164. The summed E-state index contributed by atoms with van der Waals surface area (Å²) in [6.07, 6.45) is 0. The predicted molar refractivity (Wildman–Crippen MR) is 101 cm³/mol. The molecule has 6 nitrogen and oxygen atoms in total. The molecule has 3 heterocycles. The number of aromatic nitrogens is 5. The van der Waals surface area contributed by atoms with Crippen molar-refractivity contribution in [3.8, 4) is 22.5 Å². The normalized spacial score (nSPS) is 11.4. The van der Waals surface area contributed by atoms with Gasteiger partial charge in [0.15, 0.2) is 5.65 Å². The van der Waals surface area contributed by atoms with Gasteiger partial charge in [-0.05, 0) is 18.6 Å². The Hall–Kier alpha value is -3.67. The fourth-order valence-corrected chi connectivity index (χ4v) is 3.38. The van der Waals surface area contributed by atoms with Crippen molar-refractivity contribution in [1.29, 1.82) is 0 Å². The number of aromatic amines is 2. The van der Waals surface area contributed by atoms with Crippen LogP contribution in [0.25, 0.3) is 39.1 Å². The number of rotatable bonds is 2. The van der Waals surface area contributed by atoms with E-state index in [2.05, 4.69) is 15.3 Å². The average molecular weight is 341 g/mol. The summed E-state index contributed by atoms with van der Waals surface area (Å²) in [5.74, 6) is 0. The molecule has 0 aliphatic rings. The van der Waals surface area contributed by atoms with E-state index in [4.69, 9.17) is 4.98 Å². The van der Waals surface area contributed by atoms with Crippen LogP contribution >= 0.6 is 0 Å². The SMILES string of the molecule is Cc1[nH]n2c(=O)cc(-c3n[nH]c4ccccc34)nc2c1-c1ccccc1. The molecule has 0 fully saturated rings. The van der Waals surface area contributed by atoms with E-state index >= 15 is 0 Å². The van der Waals surface area contributed by atoms with Crippen LogP contribution in [-0.4, -0.2) is 24.8 Å². The fraction of sp³-hybridized carbons (Fsp3) is 0.0500. The second-order valence-corrected chi connectivity index (χ2v) is 6.23. The summed E-state index contributed by atoms with van der Waals surface area (Å²) in [6, 6.07) is 19.3. The van der Waals surface area contributed by atoms with Crippen LogP contribution in [0.3, 0.4) is 0 Å². The second-order valence-electron chi connectivity index (χ2n) is 6.23. The maximum Gasteiger partial charge on any atom is 0.273 e. The summed E-state index contributed by atoms with van der Waals surface area (Å²) in [5.41, 5.74) is 5.42. The highest BCUT2D eigenvalue weighted by molar-refractivity contribution is 5.92. The molecule has 0 saturated heterocycles. The van der Waals surface area contributed by atoms with Crippen molar-refractivity contribution in [3.05, 3.63) is 76.7 Å². The number of fused-ring (bicyclic) bond motifs is 2. The van der Waals surface area contributed by atoms with Gasteiger partial charge in [0.1, 0.15) is 5.69 Å². The first-order valence-electron chi connectivity index (χ1n) is 8.33. The standard InChI is InChI=1S/C20H15N5O/c1-12-18(13-7-3-2-4-8-13)20-21-16(11-17(26)25(20)24-12)19-14-9-5-6-10-15(14)22-23-19/h2-11,24H,1H3,(H,22,23). The van der Waals surface area contributed by atoms with Gasteiger partial charge < -0.3 is 0 Å². The molecule has 0 saturated carbocycles. The van der Waals surface area contributed by atoms with Gasteiger partial charge in [-0.15, -0.1) is 0 Å². The van der Waals surface area contributed by atoms with E-state index in [1.54, 1.807) is 0 Å². The van der Waals surface area contributed by atoms with Crippen LogP contribution in [0, 0.1) is 6.92 Å². The van der Waals surface area contributed by atoms with Gasteiger partial charge >= 0.3 is 0 Å². The van der Waals surface area contributed by atoms with E-state index in [9.17, 15) is 4.79 Å². The Morgan fingerprint density at radius 3 is 2.62 bits per heavy atom. The first-order valence-corrected chi connectivity index (χ1v) is 8.33. The van der Waals surface area contributed by atoms with Gasteiger partial charge in [0.05, 0.1) is 11.2 Å². The van der Waals surface area contributed by atoms with Crippen LogP contribution in [0.2, 0.25) is 0 Å². The van der Waals surface area contributed by atoms with E-state index in [1.165, 1.54) is 10.6 Å². The highest BCUT2D eigenvalue weighted by atomic mass is 16.1. The first kappa shape index (κ1) is 14.7. The Bertz CT molecular complexity index is 1310. The first-order chi connectivity index (χ1) is 12.7. The summed E-state index contributed by atoms with van der Waals surface area (Å²) in [4.78, 5) is 17.5. The van der Waals surface area contributed by atoms with Gasteiger partial charge in [-0.2, -0.15) is 5.10 Å². The van der Waals surface area contributed by atoms with Gasteiger partial charge in [0, 0.05) is 22.7 Å². The molecular formula is C20H15N5O. The smallest absolute Gasteiger partial charge is 0.273 e. The highest BCUT2D eigenvalue weighted by Gasteiger charge is 2.17. The molecule has 0 aliphatic heterocycles. The lowest BCUT2D eigenvalue weighted by atomic mass is 10.1. The molecule has 6 heteroatoms. The number of H-pyrrole nitrogens is 2. The van der Waals surface area contributed by atoms with E-state index in [-0.39, 0.29) is 5.56 Å². The molecule has 0 unspecified atom stereocenters. The Morgan fingerprint density at radius 2 is 1.77 bits per heavy atom. The molecule has 0 amide bonds. The van der Waals surface area contributed by atoms with Gasteiger partial charge in [-0.25, -0.2) is 9.50 Å². The highest BCUT2D eigenvalue weighted by Crippen LogP contribution is 2.29. The number of para-hydroxylation sites is 1. The van der Waals surface area contributed by atoms with Crippen LogP contribution in [0.4, 0.5) is 0 Å². The molecule has 2 aromatic carbocycles. The Balaban J connectivity index is 1.83. The maximum absolute atomic E-state index is 12.7. The van der Waals surface area contributed by atoms with Crippen LogP contribution in [-0.2, 0) is 0 Å². The zero-order chi connectivity index (χ0) is 17.7. The number of aryl methyl sites for hydroxylation is 1. The van der Waals surface area contributed by atoms with Crippen molar-refractivity contribution in [2.24, 2.45) is 0 Å². The lowest BCUT2D eigenvalue weighted by molar-refractivity contribution is 0.881. The monoisotopic (exact) mass is 341 g/mol. The molecule has 26 heavy (non-hydrogen) atoms. The number of hydrogen-bond acceptors (Lipinski definition) is 3. The van der Waals surface area contributed by atoms with Crippen molar-refractivity contribution in [2.75, 3.05) is 0 Å². The minimum Gasteiger partial charge on any atom is -0.293 e. The van der Waals surface area contributed by atoms with E-state index < -0.39 is 0 Å². The molecule has 0 atom stereocenters. The molecule has 0 aliphatic carbocycles. The topological polar surface area (TPSA) is 78.8 Å². The Labute approximate surface area is 148 Å². The molecular weight excluding hydrogens is 326 g/mol. The predicted octanol–water partition coefficient (Wildman–Crippen LogP) is 3.54. The zero-order valence-electron chi connectivity index (χ0n) is 14.0. The quantitative estimate of drug-likeness (QED) is 0.515. The number of benzene rings is 2. The Morgan fingerprint density at radius 1 is 1.00 bits per heavy atom. The van der Waals surface area contributed by atoms with Crippen molar-refractivity contribution >= 4 is 16.6 Å². The van der Waals surface area contributed by atoms with E-state index in [1.807, 2.05) is 61.5 Å². The molecule has 0 spiro atoms. The Kier molecular flexibility index (Phi) is 3.05. The summed E-state index contributed by atoms with van der Waals surface area (Å²) in [5, 5.41) is 11.4. The van der Waals surface area contributed by atoms with Crippen molar-refractivity contribution in [1.82, 2.24) is 24.8 Å². The maximum atomic E-state index is 12.7. The number of nitrogens with one attached hydrogen (secondary N) is 2. The van der Waals surface area contributed by atoms with Crippen LogP contribution < -0.4 is 5.56 Å². The molecule has 3 aromatic heterocycles. The van der Waals surface area contributed by atoms with Gasteiger partial charge in [0.25, 0.3) is 5.56 Å². The third-order valence-corrected chi connectivity index (χ3v) is 4.57. The summed E-state index contributed by atoms with van der Waals surface area (Å²) < 4.78 is 1.48. The second kappa shape index (κ2) is 5.42. The molecule has 5 rings (SSSR count). The molecule has 0 bridgehead atoms. The molecule has 2 N–H and O–H groups in total. The van der Waals surface area contributed by atoms with E-state index in [0.29, 0.717) is 17.0 Å². The van der Waals surface area contributed by atoms with Crippen LogP contribution in [0.5, 0.6) is 0 Å². The molecule has 5 aromatic rings. The van der Waals surface area contributed by atoms with Crippen molar-refractivity contribution < 1.29 is 0 Å². The molecule has 0 radical (unpaired) electrons. The van der Waals surface area contributed by atoms with Crippen molar-refractivity contribution in [3.63, 3.8) is 0 Å². The fourth-order valence-electron chi connectivity index (χ4n) is 3.38. The van der Waals surface area contributed by atoms with Crippen LogP contribution in [0.15, 0.2) is 65.5 Å². The minimum atomic E-state index is -0.164. The van der Waals surface area contributed by atoms with Gasteiger partial charge in [0.2, 0.25) is 0 Å². The van der Waals surface area contributed by atoms with Crippen LogP contribution in [0.1, 0.15) is 5.69 Å². The summed E-state index contributed by atoms with van der Waals surface area (Å²) in [7, 11) is 0. The third kappa shape index (κ3) is 2.09. The lowest BCUT2D eigenvalue weighted by Crippen LogP contribution is -2.14. The zero-order valence-corrected chi connectivity index (χ0v) is 14.0. The average Bonchev–Trinajstić information content (AvgIpc) is 3.23.